The summed E-state index contributed by atoms with van der Waals surface area (Å²) in [4.78, 5) is 37.1. The van der Waals surface area contributed by atoms with Gasteiger partial charge in [0, 0.05) is 6.54 Å². The third kappa shape index (κ3) is 9.82. The Balaban J connectivity index is 1.94. The zero-order valence-corrected chi connectivity index (χ0v) is 19.8. The lowest BCUT2D eigenvalue weighted by molar-refractivity contribution is -0.139. The molecule has 0 saturated heterocycles. The van der Waals surface area contributed by atoms with Crippen LogP contribution in [0.5, 0.6) is 0 Å². The molecule has 8 heteroatoms. The number of benzene rings is 1. The molecule has 1 aliphatic carbocycles. The predicted octanol–water partition coefficient (Wildman–Crippen LogP) is 2.87. The largest absolute Gasteiger partial charge is 0.480 e. The van der Waals surface area contributed by atoms with E-state index in [-0.39, 0.29) is 5.91 Å². The molecule has 1 fully saturated rings. The van der Waals surface area contributed by atoms with Crippen LogP contribution in [0.4, 0.5) is 4.79 Å². The van der Waals surface area contributed by atoms with Gasteiger partial charge in [0.1, 0.15) is 12.1 Å². The van der Waals surface area contributed by atoms with Gasteiger partial charge in [0.15, 0.2) is 0 Å². The number of unbranched alkanes of at least 4 members (excludes halogenated alkanes) is 1. The number of carbonyl (C=O) groups is 3. The van der Waals surface area contributed by atoms with Crippen molar-refractivity contribution >= 4 is 17.9 Å². The van der Waals surface area contributed by atoms with Crippen molar-refractivity contribution in [2.45, 2.75) is 83.2 Å². The minimum Gasteiger partial charge on any atom is -0.480 e. The van der Waals surface area contributed by atoms with Crippen molar-refractivity contribution in [3.05, 3.63) is 35.4 Å². The number of carboxylic acids is 1. The number of rotatable bonds is 13. The number of carboxylic acid groups (broad SMARTS) is 1. The van der Waals surface area contributed by atoms with E-state index in [4.69, 9.17) is 5.73 Å². The van der Waals surface area contributed by atoms with Crippen LogP contribution in [0.15, 0.2) is 24.3 Å². The number of amides is 3. The highest BCUT2D eigenvalue weighted by Crippen LogP contribution is 2.27. The first-order valence-electron chi connectivity index (χ1n) is 12.2. The maximum Gasteiger partial charge on any atom is 0.326 e. The molecule has 0 aliphatic heterocycles. The minimum absolute atomic E-state index is 0.223. The Labute approximate surface area is 197 Å². The Morgan fingerprint density at radius 2 is 1.76 bits per heavy atom. The van der Waals surface area contributed by atoms with Gasteiger partial charge in [0.05, 0.1) is 0 Å². The molecule has 2 atom stereocenters. The summed E-state index contributed by atoms with van der Waals surface area (Å²) in [7, 11) is 0. The molecule has 1 aromatic carbocycles. The summed E-state index contributed by atoms with van der Waals surface area (Å²) in [6.07, 6.45) is 8.47. The molecule has 1 aromatic rings. The van der Waals surface area contributed by atoms with Crippen LogP contribution in [-0.4, -0.2) is 48.2 Å². The smallest absolute Gasteiger partial charge is 0.326 e. The Bertz CT molecular complexity index is 765. The number of urea groups is 1. The average molecular weight is 461 g/mol. The van der Waals surface area contributed by atoms with E-state index >= 15 is 0 Å². The van der Waals surface area contributed by atoms with Crippen LogP contribution in [0.25, 0.3) is 0 Å². The molecule has 3 amide bonds. The first kappa shape index (κ1) is 26.6. The maximum atomic E-state index is 13.0. The number of aryl methyl sites for hydroxylation is 1. The molecule has 6 N–H and O–H groups in total. The molecular formula is C25H40N4O4. The van der Waals surface area contributed by atoms with Gasteiger partial charge in [-0.05, 0) is 62.6 Å². The quantitative estimate of drug-likeness (QED) is 0.289. The van der Waals surface area contributed by atoms with Crippen molar-refractivity contribution in [3.63, 3.8) is 0 Å². The van der Waals surface area contributed by atoms with Crippen molar-refractivity contribution in [2.75, 3.05) is 13.1 Å². The lowest BCUT2D eigenvalue weighted by Crippen LogP contribution is -2.54. The van der Waals surface area contributed by atoms with Crippen LogP contribution in [0, 0.1) is 12.8 Å². The minimum atomic E-state index is -1.09. The summed E-state index contributed by atoms with van der Waals surface area (Å²) in [5.41, 5.74) is 7.83. The summed E-state index contributed by atoms with van der Waals surface area (Å²) in [6, 6.07) is 5.74. The zero-order chi connectivity index (χ0) is 24.1. The zero-order valence-electron chi connectivity index (χ0n) is 19.8. The van der Waals surface area contributed by atoms with Gasteiger partial charge in [-0.15, -0.1) is 0 Å². The monoisotopic (exact) mass is 460 g/mol. The fourth-order valence-corrected chi connectivity index (χ4v) is 4.43. The van der Waals surface area contributed by atoms with E-state index in [0.717, 1.165) is 25.7 Å². The van der Waals surface area contributed by atoms with Crippen LogP contribution in [0.2, 0.25) is 0 Å². The standard InChI is InChI=1S/C25H40N4O4/c1-18-9-5-6-12-20(18)14-16-27-23(30)22(17-19-10-3-2-4-11-19)29-25(33)28-21(24(31)32)13-7-8-15-26/h5-6,9,12,19,21-22H,2-4,7-8,10-11,13-17,26H2,1H3,(H,27,30)(H,31,32)(H2,28,29,33)/t21-,22+/m0/s1. The van der Waals surface area contributed by atoms with Crippen LogP contribution < -0.4 is 21.7 Å². The molecule has 0 aromatic heterocycles. The fourth-order valence-electron chi connectivity index (χ4n) is 4.43. The lowest BCUT2D eigenvalue weighted by atomic mass is 9.84. The summed E-state index contributed by atoms with van der Waals surface area (Å²) >= 11 is 0. The topological polar surface area (TPSA) is 134 Å². The number of hydrogen-bond acceptors (Lipinski definition) is 4. The molecule has 1 aliphatic rings. The number of nitrogens with two attached hydrogens (primary N) is 1. The number of hydrogen-bond donors (Lipinski definition) is 5. The van der Waals surface area contributed by atoms with Crippen LogP contribution in [-0.2, 0) is 16.0 Å². The van der Waals surface area contributed by atoms with Crippen LogP contribution in [0.1, 0.15) is 68.9 Å². The SMILES string of the molecule is Cc1ccccc1CCNC(=O)[C@@H](CC1CCCCC1)NC(=O)N[C@@H](CCCCN)C(=O)O. The van der Waals surface area contributed by atoms with Gasteiger partial charge < -0.3 is 26.8 Å². The first-order valence-corrected chi connectivity index (χ1v) is 12.2. The highest BCUT2D eigenvalue weighted by molar-refractivity contribution is 5.88. The molecule has 2 rings (SSSR count). The number of aliphatic carboxylic acids is 1. The Hall–Kier alpha value is -2.61. The van der Waals surface area contributed by atoms with Gasteiger partial charge in [-0.1, -0.05) is 56.4 Å². The highest BCUT2D eigenvalue weighted by atomic mass is 16.4. The maximum absolute atomic E-state index is 13.0. The van der Waals surface area contributed by atoms with E-state index in [1.54, 1.807) is 0 Å². The summed E-state index contributed by atoms with van der Waals surface area (Å²) in [6.45, 7) is 3.00. The third-order valence-corrected chi connectivity index (χ3v) is 6.42. The first-order chi connectivity index (χ1) is 15.9. The van der Waals surface area contributed by atoms with Gasteiger partial charge >= 0.3 is 12.0 Å². The highest BCUT2D eigenvalue weighted by Gasteiger charge is 2.27. The molecule has 0 heterocycles. The van der Waals surface area contributed by atoms with E-state index < -0.39 is 24.1 Å². The Kier molecular flexibility index (Phi) is 11.7. The van der Waals surface area contributed by atoms with E-state index in [1.165, 1.54) is 17.5 Å². The molecule has 0 spiro atoms. The Morgan fingerprint density at radius 3 is 2.42 bits per heavy atom. The van der Waals surface area contributed by atoms with Gasteiger partial charge in [-0.25, -0.2) is 9.59 Å². The van der Waals surface area contributed by atoms with E-state index in [2.05, 4.69) is 16.0 Å². The van der Waals surface area contributed by atoms with Crippen LogP contribution in [0.3, 0.4) is 0 Å². The molecule has 0 unspecified atom stereocenters. The molecule has 8 nitrogen and oxygen atoms in total. The second kappa shape index (κ2) is 14.5. The van der Waals surface area contributed by atoms with Crippen molar-refractivity contribution in [1.82, 2.24) is 16.0 Å². The fraction of sp³-hybridized carbons (Fsp3) is 0.640. The second-order valence-electron chi connectivity index (χ2n) is 9.05. The molecule has 1 saturated carbocycles. The van der Waals surface area contributed by atoms with Gasteiger partial charge in [0.2, 0.25) is 5.91 Å². The molecular weight excluding hydrogens is 420 g/mol. The van der Waals surface area contributed by atoms with E-state index in [0.29, 0.717) is 51.1 Å². The number of carbonyl (C=O) groups excluding carboxylic acids is 2. The van der Waals surface area contributed by atoms with Crippen LogP contribution >= 0.6 is 0 Å². The van der Waals surface area contributed by atoms with Crippen molar-refractivity contribution in [1.29, 1.82) is 0 Å². The van der Waals surface area contributed by atoms with Crippen molar-refractivity contribution in [3.8, 4) is 0 Å². The van der Waals surface area contributed by atoms with Gasteiger partial charge in [-0.2, -0.15) is 0 Å². The molecule has 0 radical (unpaired) electrons. The molecule has 33 heavy (non-hydrogen) atoms. The summed E-state index contributed by atoms with van der Waals surface area (Å²) in [5, 5.41) is 17.6. The Morgan fingerprint density at radius 1 is 1.06 bits per heavy atom. The summed E-state index contributed by atoms with van der Waals surface area (Å²) < 4.78 is 0. The number of nitrogens with one attached hydrogen (secondary N) is 3. The second-order valence-corrected chi connectivity index (χ2v) is 9.05. The summed E-state index contributed by atoms with van der Waals surface area (Å²) in [5.74, 6) is -0.931. The van der Waals surface area contributed by atoms with Crippen molar-refractivity contribution < 1.29 is 19.5 Å². The third-order valence-electron chi connectivity index (χ3n) is 6.42. The van der Waals surface area contributed by atoms with E-state index in [9.17, 15) is 19.5 Å². The van der Waals surface area contributed by atoms with Crippen molar-refractivity contribution in [2.24, 2.45) is 11.7 Å². The lowest BCUT2D eigenvalue weighted by Gasteiger charge is -2.27. The molecule has 184 valence electrons. The van der Waals surface area contributed by atoms with E-state index in [1.807, 2.05) is 31.2 Å². The molecule has 0 bridgehead atoms. The normalized spacial score (nSPS) is 15.9. The average Bonchev–Trinajstić information content (AvgIpc) is 2.80. The predicted molar refractivity (Wildman–Crippen MR) is 129 cm³/mol. The van der Waals surface area contributed by atoms with Gasteiger partial charge in [0.25, 0.3) is 0 Å². The van der Waals surface area contributed by atoms with Gasteiger partial charge in [-0.3, -0.25) is 4.79 Å².